The van der Waals surface area contributed by atoms with E-state index in [-0.39, 0.29) is 22.8 Å². The average Bonchev–Trinajstić information content (AvgIpc) is 3.06. The van der Waals surface area contributed by atoms with Crippen LogP contribution in [0, 0.1) is 10.1 Å². The number of aromatic nitrogens is 2. The first-order valence-electron chi connectivity index (χ1n) is 9.14. The number of hydrogen-bond donors (Lipinski definition) is 1. The van der Waals surface area contributed by atoms with E-state index in [1.807, 2.05) is 11.5 Å². The lowest BCUT2D eigenvalue weighted by Crippen LogP contribution is -2.12. The molecule has 11 heteroatoms. The van der Waals surface area contributed by atoms with Crippen LogP contribution in [0.1, 0.15) is 35.9 Å². The van der Waals surface area contributed by atoms with Gasteiger partial charge in [0, 0.05) is 18.7 Å². The van der Waals surface area contributed by atoms with E-state index in [4.69, 9.17) is 9.88 Å². The van der Waals surface area contributed by atoms with Gasteiger partial charge in [-0.1, -0.05) is 13.3 Å². The maximum atomic E-state index is 12.3. The van der Waals surface area contributed by atoms with Crippen LogP contribution in [0.2, 0.25) is 0 Å². The van der Waals surface area contributed by atoms with E-state index in [0.29, 0.717) is 23.4 Å². The maximum Gasteiger partial charge on any atom is 0.338 e. The van der Waals surface area contributed by atoms with Gasteiger partial charge in [0.2, 0.25) is 10.0 Å². The lowest BCUT2D eigenvalue weighted by molar-refractivity contribution is -0.384. The molecule has 158 valence electrons. The van der Waals surface area contributed by atoms with E-state index in [1.165, 1.54) is 36.4 Å². The van der Waals surface area contributed by atoms with Crippen LogP contribution in [-0.4, -0.2) is 28.9 Å². The third-order valence-corrected chi connectivity index (χ3v) is 5.42. The zero-order valence-electron chi connectivity index (χ0n) is 16.1. The Morgan fingerprint density at radius 1 is 1.23 bits per heavy atom. The van der Waals surface area contributed by atoms with Gasteiger partial charge < -0.3 is 9.30 Å². The Labute approximate surface area is 172 Å². The lowest BCUT2D eigenvalue weighted by Gasteiger charge is -2.09. The topological polar surface area (TPSA) is 147 Å². The molecule has 0 fully saturated rings. The number of rotatable bonds is 8. The van der Waals surface area contributed by atoms with Gasteiger partial charge in [-0.3, -0.25) is 10.1 Å². The van der Waals surface area contributed by atoms with Crippen molar-refractivity contribution in [2.75, 3.05) is 0 Å². The standard InChI is InChI=1S/C19H20N4O6S/c1-2-3-10-22-17-9-8-15(30(20,27)28)11-16(17)21-18(22)12-29-19(24)13-4-6-14(7-5-13)23(25)26/h4-9,11H,2-3,10,12H2,1H3,(H2,20,27,28). The summed E-state index contributed by atoms with van der Waals surface area (Å²) >= 11 is 0. The van der Waals surface area contributed by atoms with Crippen molar-refractivity contribution in [3.63, 3.8) is 0 Å². The highest BCUT2D eigenvalue weighted by molar-refractivity contribution is 7.89. The summed E-state index contributed by atoms with van der Waals surface area (Å²) in [5.41, 5.74) is 1.18. The van der Waals surface area contributed by atoms with Crippen LogP contribution < -0.4 is 5.14 Å². The average molecular weight is 432 g/mol. The number of nitro groups is 1. The highest BCUT2D eigenvalue weighted by atomic mass is 32.2. The summed E-state index contributed by atoms with van der Waals surface area (Å²) < 4.78 is 30.4. The number of nitrogens with two attached hydrogens (primary N) is 1. The molecule has 2 aromatic carbocycles. The number of esters is 1. The summed E-state index contributed by atoms with van der Waals surface area (Å²) in [7, 11) is -3.87. The Hall–Kier alpha value is -3.31. The fraction of sp³-hybridized carbons (Fsp3) is 0.263. The van der Waals surface area contributed by atoms with Gasteiger partial charge in [0.15, 0.2) is 0 Å². The minimum Gasteiger partial charge on any atom is -0.454 e. The molecule has 0 aliphatic carbocycles. The maximum absolute atomic E-state index is 12.3. The lowest BCUT2D eigenvalue weighted by atomic mass is 10.2. The van der Waals surface area contributed by atoms with E-state index < -0.39 is 20.9 Å². The predicted octanol–water partition coefficient (Wildman–Crippen LogP) is 2.75. The highest BCUT2D eigenvalue weighted by Gasteiger charge is 2.17. The molecule has 0 bridgehead atoms. The van der Waals surface area contributed by atoms with Crippen molar-refractivity contribution in [1.29, 1.82) is 0 Å². The second kappa shape index (κ2) is 8.59. The quantitative estimate of drug-likeness (QED) is 0.327. The molecule has 0 amide bonds. The molecule has 0 spiro atoms. The van der Waals surface area contributed by atoms with E-state index >= 15 is 0 Å². The molecular formula is C19H20N4O6S. The number of sulfonamides is 1. The first-order valence-corrected chi connectivity index (χ1v) is 10.7. The number of benzene rings is 2. The molecule has 0 aliphatic heterocycles. The van der Waals surface area contributed by atoms with Gasteiger partial charge in [0.05, 0.1) is 26.4 Å². The number of nitro benzene ring substituents is 1. The van der Waals surface area contributed by atoms with Gasteiger partial charge >= 0.3 is 5.97 Å². The highest BCUT2D eigenvalue weighted by Crippen LogP contribution is 2.22. The van der Waals surface area contributed by atoms with E-state index in [0.717, 1.165) is 12.8 Å². The number of primary sulfonamides is 1. The molecule has 3 aromatic rings. The number of nitrogens with zero attached hydrogens (tertiary/aromatic N) is 3. The second-order valence-electron chi connectivity index (χ2n) is 6.61. The van der Waals surface area contributed by atoms with Gasteiger partial charge in [-0.25, -0.2) is 23.3 Å². The first kappa shape index (κ1) is 21.4. The zero-order valence-corrected chi connectivity index (χ0v) is 17.0. The molecular weight excluding hydrogens is 412 g/mol. The molecule has 10 nitrogen and oxygen atoms in total. The van der Waals surface area contributed by atoms with E-state index in [1.54, 1.807) is 6.07 Å². The summed E-state index contributed by atoms with van der Waals surface area (Å²) in [5, 5.41) is 15.9. The number of ether oxygens (including phenoxy) is 1. The van der Waals surface area contributed by atoms with Gasteiger partial charge in [-0.05, 0) is 36.8 Å². The molecule has 0 aliphatic rings. The van der Waals surface area contributed by atoms with Crippen LogP contribution in [0.5, 0.6) is 0 Å². The van der Waals surface area contributed by atoms with Crippen molar-refractivity contribution < 1.29 is 22.9 Å². The Kier molecular flexibility index (Phi) is 6.13. The molecule has 0 atom stereocenters. The Bertz CT molecular complexity index is 1200. The SMILES string of the molecule is CCCCn1c(COC(=O)c2ccc([N+](=O)[O-])cc2)nc2cc(S(N)(=O)=O)ccc21. The number of non-ortho nitro benzene ring substituents is 1. The molecule has 0 saturated carbocycles. The number of unbranched alkanes of at least 4 members (excludes halogenated alkanes) is 1. The molecule has 1 heterocycles. The van der Waals surface area contributed by atoms with Crippen molar-refractivity contribution >= 4 is 32.7 Å². The second-order valence-corrected chi connectivity index (χ2v) is 8.17. The van der Waals surface area contributed by atoms with Crippen LogP contribution in [0.4, 0.5) is 5.69 Å². The van der Waals surface area contributed by atoms with Crippen LogP contribution in [0.25, 0.3) is 11.0 Å². The Morgan fingerprint density at radius 2 is 1.93 bits per heavy atom. The van der Waals surface area contributed by atoms with Crippen LogP contribution in [0.3, 0.4) is 0 Å². The number of hydrogen-bond acceptors (Lipinski definition) is 7. The van der Waals surface area contributed by atoms with Crippen molar-refractivity contribution in [2.24, 2.45) is 5.14 Å². The van der Waals surface area contributed by atoms with Crippen LogP contribution in [-0.2, 0) is 27.9 Å². The molecule has 0 radical (unpaired) electrons. The molecule has 30 heavy (non-hydrogen) atoms. The first-order chi connectivity index (χ1) is 14.2. The van der Waals surface area contributed by atoms with Gasteiger partial charge in [0.25, 0.3) is 5.69 Å². The van der Waals surface area contributed by atoms with E-state index in [9.17, 15) is 23.3 Å². The normalized spacial score (nSPS) is 11.5. The van der Waals surface area contributed by atoms with Gasteiger partial charge in [-0.15, -0.1) is 0 Å². The third-order valence-electron chi connectivity index (χ3n) is 4.51. The fourth-order valence-corrected chi connectivity index (χ4v) is 3.48. The molecule has 0 saturated heterocycles. The summed E-state index contributed by atoms with van der Waals surface area (Å²) in [6, 6.07) is 9.50. The number of fused-ring (bicyclic) bond motifs is 1. The third kappa shape index (κ3) is 4.63. The molecule has 2 N–H and O–H groups in total. The summed E-state index contributed by atoms with van der Waals surface area (Å²) in [5.74, 6) is -0.190. The molecule has 1 aromatic heterocycles. The molecule has 3 rings (SSSR count). The summed E-state index contributed by atoms with van der Waals surface area (Å²) in [6.07, 6.45) is 1.78. The minimum absolute atomic E-state index is 0.0513. The van der Waals surface area contributed by atoms with E-state index in [2.05, 4.69) is 4.98 Å². The number of imidazole rings is 1. The minimum atomic E-state index is -3.87. The van der Waals surface area contributed by atoms with Crippen LogP contribution >= 0.6 is 0 Å². The summed E-state index contributed by atoms with van der Waals surface area (Å²) in [6.45, 7) is 2.51. The zero-order chi connectivity index (χ0) is 21.9. The number of carbonyl (C=O) groups excluding carboxylic acids is 1. The predicted molar refractivity (Wildman–Crippen MR) is 108 cm³/mol. The van der Waals surface area contributed by atoms with Crippen LogP contribution in [0.15, 0.2) is 47.4 Å². The Morgan fingerprint density at radius 3 is 2.53 bits per heavy atom. The van der Waals surface area contributed by atoms with Crippen molar-refractivity contribution in [3.8, 4) is 0 Å². The van der Waals surface area contributed by atoms with Gasteiger partial charge in [0.1, 0.15) is 12.4 Å². The monoisotopic (exact) mass is 432 g/mol. The number of aryl methyl sites for hydroxylation is 1. The molecule has 0 unspecified atom stereocenters. The Balaban J connectivity index is 1.86. The summed E-state index contributed by atoms with van der Waals surface area (Å²) in [4.78, 5) is 26.8. The smallest absolute Gasteiger partial charge is 0.338 e. The number of carbonyl (C=O) groups is 1. The van der Waals surface area contributed by atoms with Crippen molar-refractivity contribution in [2.45, 2.75) is 37.8 Å². The largest absolute Gasteiger partial charge is 0.454 e. The fourth-order valence-electron chi connectivity index (χ4n) is 2.95. The van der Waals surface area contributed by atoms with Gasteiger partial charge in [-0.2, -0.15) is 0 Å². The van der Waals surface area contributed by atoms with Crippen molar-refractivity contribution in [3.05, 3.63) is 64.0 Å². The van der Waals surface area contributed by atoms with Crippen molar-refractivity contribution in [1.82, 2.24) is 9.55 Å².